The van der Waals surface area contributed by atoms with Crippen LogP contribution in [0.5, 0.6) is 0 Å². The highest BCUT2D eigenvalue weighted by atomic mass is 32.2. The maximum atomic E-state index is 14.0. The number of carbonyl (C=O) groups excluding carboxylic acids is 1. The van der Waals surface area contributed by atoms with E-state index in [4.69, 9.17) is 0 Å². The van der Waals surface area contributed by atoms with Crippen LogP contribution in [0.4, 0.5) is 23.7 Å². The summed E-state index contributed by atoms with van der Waals surface area (Å²) in [5.74, 6) is 0. The molecular weight excluding hydrogens is 349 g/mol. The van der Waals surface area contributed by atoms with Gasteiger partial charge in [0.1, 0.15) is 0 Å². The number of carbonyl (C=O) groups is 1. The molecule has 1 N–H and O–H groups in total. The quantitative estimate of drug-likeness (QED) is 0.792. The average molecular weight is 364 g/mol. The first-order valence-corrected chi connectivity index (χ1v) is 8.35. The smallest absolute Gasteiger partial charge is 0.311 e. The average Bonchev–Trinajstić information content (AvgIpc) is 2.61. The first-order chi connectivity index (χ1) is 11.9. The van der Waals surface area contributed by atoms with Crippen molar-refractivity contribution in [3.05, 3.63) is 77.3 Å². The van der Waals surface area contributed by atoms with Crippen LogP contribution in [0, 0.1) is 0 Å². The van der Waals surface area contributed by atoms with E-state index in [2.05, 4.69) is 5.32 Å². The van der Waals surface area contributed by atoms with Crippen LogP contribution in [-0.4, -0.2) is 12.2 Å². The van der Waals surface area contributed by atoms with Crippen molar-refractivity contribution >= 4 is 23.5 Å². The van der Waals surface area contributed by atoms with E-state index in [1.165, 1.54) is 35.2 Å². The molecule has 2 aromatic rings. The Bertz CT molecular complexity index is 793. The van der Waals surface area contributed by atoms with Crippen LogP contribution in [-0.2, 0) is 4.87 Å². The number of nitrogens with zero attached hydrogens (tertiary/aromatic N) is 1. The van der Waals surface area contributed by atoms with Gasteiger partial charge in [0.2, 0.25) is 4.87 Å². The van der Waals surface area contributed by atoms with Gasteiger partial charge in [-0.05, 0) is 24.6 Å². The van der Waals surface area contributed by atoms with Crippen LogP contribution in [0.15, 0.2) is 71.8 Å². The van der Waals surface area contributed by atoms with Gasteiger partial charge in [0, 0.05) is 0 Å². The Labute approximate surface area is 147 Å². The number of hydrogen-bond acceptors (Lipinski definition) is 2. The zero-order valence-corrected chi connectivity index (χ0v) is 14.1. The van der Waals surface area contributed by atoms with Crippen molar-refractivity contribution in [1.82, 2.24) is 5.32 Å². The first-order valence-electron chi connectivity index (χ1n) is 7.54. The third kappa shape index (κ3) is 3.00. The largest absolute Gasteiger partial charge is 0.425 e. The predicted molar refractivity (Wildman–Crippen MR) is 93.0 cm³/mol. The maximum absolute atomic E-state index is 14.0. The second kappa shape index (κ2) is 6.48. The molecule has 0 aromatic heterocycles. The molecule has 0 radical (unpaired) electrons. The van der Waals surface area contributed by atoms with E-state index in [1.807, 2.05) is 0 Å². The van der Waals surface area contributed by atoms with Crippen molar-refractivity contribution in [2.75, 3.05) is 4.90 Å². The van der Waals surface area contributed by atoms with Gasteiger partial charge >= 0.3 is 12.2 Å². The van der Waals surface area contributed by atoms with E-state index < -0.39 is 17.1 Å². The van der Waals surface area contributed by atoms with Crippen LogP contribution in [0.2, 0.25) is 0 Å². The summed E-state index contributed by atoms with van der Waals surface area (Å²) in [5.41, 5.74) is 0.484. The van der Waals surface area contributed by atoms with Gasteiger partial charge in [0.05, 0.1) is 10.7 Å². The Morgan fingerprint density at radius 1 is 1.04 bits per heavy atom. The molecule has 3 nitrogen and oxygen atoms in total. The Morgan fingerprint density at radius 3 is 2.12 bits per heavy atom. The lowest BCUT2D eigenvalue weighted by Gasteiger charge is -2.44. The van der Waals surface area contributed by atoms with E-state index >= 15 is 0 Å². The van der Waals surface area contributed by atoms with Gasteiger partial charge in [-0.3, -0.25) is 4.90 Å². The van der Waals surface area contributed by atoms with Crippen molar-refractivity contribution in [1.29, 1.82) is 0 Å². The maximum Gasteiger partial charge on any atom is 0.425 e. The monoisotopic (exact) mass is 364 g/mol. The van der Waals surface area contributed by atoms with E-state index in [9.17, 15) is 18.0 Å². The van der Waals surface area contributed by atoms with Crippen LogP contribution in [0.25, 0.3) is 0 Å². The second-order valence-electron chi connectivity index (χ2n) is 5.38. The number of hydrogen-bond donors (Lipinski definition) is 1. The molecule has 2 amide bonds. The summed E-state index contributed by atoms with van der Waals surface area (Å²) < 4.78 is 42.0. The van der Waals surface area contributed by atoms with E-state index in [1.54, 1.807) is 43.3 Å². The number of allylic oxidation sites excluding steroid dienone is 1. The number of urea groups is 1. The van der Waals surface area contributed by atoms with Gasteiger partial charge < -0.3 is 5.32 Å². The van der Waals surface area contributed by atoms with Gasteiger partial charge in [0.15, 0.2) is 0 Å². The summed E-state index contributed by atoms with van der Waals surface area (Å²) in [5, 5.41) is 2.40. The van der Waals surface area contributed by atoms with Crippen molar-refractivity contribution < 1.29 is 18.0 Å². The molecule has 1 unspecified atom stereocenters. The minimum absolute atomic E-state index is 0.0205. The highest BCUT2D eigenvalue weighted by Gasteiger charge is 2.61. The Balaban J connectivity index is 2.10. The minimum Gasteiger partial charge on any atom is -0.311 e. The van der Waals surface area contributed by atoms with E-state index in [0.29, 0.717) is 17.4 Å². The fourth-order valence-corrected chi connectivity index (χ4v) is 3.86. The molecule has 1 aliphatic rings. The molecule has 1 aliphatic heterocycles. The van der Waals surface area contributed by atoms with Gasteiger partial charge in [-0.2, -0.15) is 13.2 Å². The molecule has 1 saturated heterocycles. The normalized spacial score (nSPS) is 22.8. The number of alkyl halides is 3. The predicted octanol–water partition coefficient (Wildman–Crippen LogP) is 5.23. The number of halogens is 3. The number of anilines is 1. The molecule has 1 atom stereocenters. The summed E-state index contributed by atoms with van der Waals surface area (Å²) in [6, 6.07) is 15.2. The lowest BCUT2D eigenvalue weighted by atomic mass is 10.1. The summed E-state index contributed by atoms with van der Waals surface area (Å²) in [4.78, 5) is 11.4. The van der Waals surface area contributed by atoms with Gasteiger partial charge in [-0.25, -0.2) is 4.79 Å². The lowest BCUT2D eigenvalue weighted by molar-refractivity contribution is -0.167. The fraction of sp³-hybridized carbons (Fsp3) is 0.167. The number of thioether (sulfide) groups is 1. The number of amides is 2. The van der Waals surface area contributed by atoms with E-state index in [0.717, 1.165) is 0 Å². The highest BCUT2D eigenvalue weighted by molar-refractivity contribution is 8.04. The van der Waals surface area contributed by atoms with Crippen molar-refractivity contribution in [2.24, 2.45) is 0 Å². The summed E-state index contributed by atoms with van der Waals surface area (Å²) >= 11 is 0.576. The van der Waals surface area contributed by atoms with Crippen molar-refractivity contribution in [3.8, 4) is 0 Å². The fourth-order valence-electron chi connectivity index (χ4n) is 2.64. The molecular formula is C18H15F3N2OS. The van der Waals surface area contributed by atoms with Crippen LogP contribution in [0.1, 0.15) is 12.5 Å². The molecule has 130 valence electrons. The second-order valence-corrected chi connectivity index (χ2v) is 6.61. The molecule has 0 bridgehead atoms. The lowest BCUT2D eigenvalue weighted by Crippen LogP contribution is -2.60. The number of benzene rings is 2. The minimum atomic E-state index is -4.67. The molecule has 2 aromatic carbocycles. The summed E-state index contributed by atoms with van der Waals surface area (Å²) in [6.45, 7) is 1.61. The topological polar surface area (TPSA) is 32.3 Å². The summed E-state index contributed by atoms with van der Waals surface area (Å²) in [7, 11) is 0. The zero-order chi connectivity index (χ0) is 18.1. The van der Waals surface area contributed by atoms with Crippen LogP contribution >= 0.6 is 11.8 Å². The Morgan fingerprint density at radius 2 is 1.60 bits per heavy atom. The molecule has 7 heteroatoms. The standard InChI is InChI=1S/C18H15F3N2OS/c1-2-15-23(14-11-7-4-8-12-14)16(24)22-17(25-15,18(19,20)21)13-9-5-3-6-10-13/h2-12H,1H3,(H,22,24)/b15-2-. The third-order valence-electron chi connectivity index (χ3n) is 3.80. The van der Waals surface area contributed by atoms with Crippen molar-refractivity contribution in [3.63, 3.8) is 0 Å². The number of nitrogens with one attached hydrogen (secondary N) is 1. The number of rotatable bonds is 2. The summed E-state index contributed by atoms with van der Waals surface area (Å²) in [6.07, 6.45) is -3.16. The Hall–Kier alpha value is -2.41. The van der Waals surface area contributed by atoms with Crippen molar-refractivity contribution in [2.45, 2.75) is 18.0 Å². The van der Waals surface area contributed by atoms with Gasteiger partial charge in [0.25, 0.3) is 0 Å². The third-order valence-corrected chi connectivity index (χ3v) is 5.31. The molecule has 3 rings (SSSR count). The van der Waals surface area contributed by atoms with Gasteiger partial charge in [-0.1, -0.05) is 66.4 Å². The molecule has 1 heterocycles. The molecule has 25 heavy (non-hydrogen) atoms. The number of para-hydroxylation sites is 1. The molecule has 1 fully saturated rings. The zero-order valence-electron chi connectivity index (χ0n) is 13.2. The van der Waals surface area contributed by atoms with Crippen LogP contribution < -0.4 is 10.2 Å². The van der Waals surface area contributed by atoms with E-state index in [-0.39, 0.29) is 10.6 Å². The molecule has 0 aliphatic carbocycles. The Kier molecular flexibility index (Phi) is 4.51. The molecule has 0 saturated carbocycles. The van der Waals surface area contributed by atoms with Gasteiger partial charge in [-0.15, -0.1) is 0 Å². The first kappa shape index (κ1) is 17.4. The SMILES string of the molecule is C/C=C1\SC(c2ccccc2)(C(F)(F)F)NC(=O)N1c1ccccc1. The highest BCUT2D eigenvalue weighted by Crippen LogP contribution is 2.53. The molecule has 0 spiro atoms. The van der Waals surface area contributed by atoms with Crippen LogP contribution in [0.3, 0.4) is 0 Å².